The second-order valence-corrected chi connectivity index (χ2v) is 16.0. The maximum atomic E-state index is 14.3. The van der Waals surface area contributed by atoms with Gasteiger partial charge in [0.25, 0.3) is 0 Å². The molecule has 2 saturated heterocycles. The molecular formula is C48H50N4O8. The first-order valence-corrected chi connectivity index (χ1v) is 20.2. The lowest BCUT2D eigenvalue weighted by Gasteiger charge is -2.46. The summed E-state index contributed by atoms with van der Waals surface area (Å²) in [6, 6.07) is 35.8. The number of piperidine rings is 1. The Morgan fingerprint density at radius 1 is 0.800 bits per heavy atom. The number of hydrogen-bond donors (Lipinski definition) is 0. The van der Waals surface area contributed by atoms with E-state index in [0.717, 1.165) is 40.2 Å². The SMILES string of the molecule is COc1ccc(CN(C(=O)OC(C)(C)C)c2cc(C[C@H]3C(=O)N(C(=O)N4CCCC(c5ccc(Oc6ccccc6)cc5)C4)[C@@H]3C(=O)OCc3ccccc3)ccn2)cc1. The second kappa shape index (κ2) is 18.5. The van der Waals surface area contributed by atoms with Gasteiger partial charge in [0.05, 0.1) is 19.6 Å². The van der Waals surface area contributed by atoms with E-state index in [9.17, 15) is 19.2 Å². The molecule has 1 aromatic heterocycles. The third kappa shape index (κ3) is 10.1. The van der Waals surface area contributed by atoms with Crippen molar-refractivity contribution in [3.63, 3.8) is 0 Å². The predicted molar refractivity (Wildman–Crippen MR) is 226 cm³/mol. The van der Waals surface area contributed by atoms with Gasteiger partial charge < -0.3 is 23.8 Å². The normalized spacial score (nSPS) is 17.6. The average molecular weight is 811 g/mol. The first kappa shape index (κ1) is 41.5. The Kier molecular flexibility index (Phi) is 12.8. The number of anilines is 1. The molecule has 0 bridgehead atoms. The fraction of sp³-hybridized carbons (Fsp3) is 0.312. The number of hydrogen-bond acceptors (Lipinski definition) is 9. The standard InChI is InChI=1S/C48H50N4O8/c1-48(2,3)60-47(56)51(30-33-17-21-38(57-4)22-18-33)42-29-35(25-26-49-42)28-41-43(45(54)58-32-34-12-7-5-8-13-34)52(44(41)53)46(55)50-27-11-14-37(31-50)36-19-23-40(24-20-36)59-39-15-9-6-10-16-39/h5-10,12-13,15-26,29,37,41,43H,11,14,27-28,30-32H2,1-4H3/t37?,41-,43+/m1/s1. The van der Waals surface area contributed by atoms with E-state index in [1.54, 1.807) is 51.1 Å². The molecule has 2 fully saturated rings. The van der Waals surface area contributed by atoms with Crippen LogP contribution >= 0.6 is 0 Å². The van der Waals surface area contributed by atoms with Gasteiger partial charge in [-0.3, -0.25) is 9.69 Å². The number of aromatic nitrogens is 1. The molecule has 310 valence electrons. The van der Waals surface area contributed by atoms with Crippen molar-refractivity contribution in [3.8, 4) is 17.2 Å². The first-order valence-electron chi connectivity index (χ1n) is 20.2. The number of pyridine rings is 1. The maximum Gasteiger partial charge on any atom is 0.416 e. The molecule has 5 aromatic rings. The highest BCUT2D eigenvalue weighted by molar-refractivity contribution is 6.08. The molecule has 3 atom stereocenters. The Balaban J connectivity index is 1.09. The minimum atomic E-state index is -1.15. The van der Waals surface area contributed by atoms with Crippen LogP contribution < -0.4 is 14.4 Å². The molecule has 12 nitrogen and oxygen atoms in total. The zero-order valence-electron chi connectivity index (χ0n) is 34.4. The minimum absolute atomic E-state index is 0.00943. The van der Waals surface area contributed by atoms with Crippen molar-refractivity contribution in [1.82, 2.24) is 14.8 Å². The van der Waals surface area contributed by atoms with Gasteiger partial charge in [-0.1, -0.05) is 72.8 Å². The molecule has 0 spiro atoms. The van der Waals surface area contributed by atoms with Crippen LogP contribution in [0, 0.1) is 5.92 Å². The van der Waals surface area contributed by atoms with Crippen LogP contribution in [-0.4, -0.2) is 70.6 Å². The molecule has 2 aliphatic heterocycles. The van der Waals surface area contributed by atoms with Gasteiger partial charge in [-0.25, -0.2) is 24.3 Å². The summed E-state index contributed by atoms with van der Waals surface area (Å²) in [4.78, 5) is 64.6. The summed E-state index contributed by atoms with van der Waals surface area (Å²) in [5.74, 6) is 0.448. The first-order chi connectivity index (χ1) is 29.0. The Morgan fingerprint density at radius 3 is 2.15 bits per heavy atom. The number of likely N-dealkylation sites (tertiary alicyclic amines) is 2. The molecule has 4 amide bonds. The highest BCUT2D eigenvalue weighted by atomic mass is 16.6. The molecule has 0 saturated carbocycles. The van der Waals surface area contributed by atoms with Crippen molar-refractivity contribution in [2.45, 2.75) is 70.7 Å². The van der Waals surface area contributed by atoms with E-state index in [4.69, 9.17) is 18.9 Å². The molecule has 0 aliphatic carbocycles. The van der Waals surface area contributed by atoms with Crippen molar-refractivity contribution >= 4 is 29.8 Å². The number of urea groups is 1. The third-order valence-electron chi connectivity index (χ3n) is 10.6. The number of β-lactam (4-membered cyclic amide) rings is 1. The number of amides is 4. The molecule has 1 unspecified atom stereocenters. The van der Waals surface area contributed by atoms with Crippen LogP contribution in [0.15, 0.2) is 128 Å². The Morgan fingerprint density at radius 2 is 1.47 bits per heavy atom. The number of carbonyl (C=O) groups excluding carboxylic acids is 4. The summed E-state index contributed by atoms with van der Waals surface area (Å²) in [6.45, 7) is 6.35. The minimum Gasteiger partial charge on any atom is -0.497 e. The lowest BCUT2D eigenvalue weighted by Crippen LogP contribution is -2.69. The second-order valence-electron chi connectivity index (χ2n) is 16.0. The van der Waals surface area contributed by atoms with E-state index in [2.05, 4.69) is 4.98 Å². The summed E-state index contributed by atoms with van der Waals surface area (Å²) in [5, 5.41) is 0. The molecule has 7 rings (SSSR count). The van der Waals surface area contributed by atoms with Crippen LogP contribution in [0.3, 0.4) is 0 Å². The van der Waals surface area contributed by atoms with Crippen molar-refractivity contribution in [2.24, 2.45) is 5.92 Å². The number of imide groups is 1. The summed E-state index contributed by atoms with van der Waals surface area (Å²) >= 11 is 0. The van der Waals surface area contributed by atoms with E-state index < -0.39 is 41.6 Å². The highest BCUT2D eigenvalue weighted by Gasteiger charge is 2.56. The molecule has 4 aromatic carbocycles. The van der Waals surface area contributed by atoms with Gasteiger partial charge in [0, 0.05) is 25.2 Å². The molecule has 2 aliphatic rings. The van der Waals surface area contributed by atoms with Crippen LogP contribution in [0.4, 0.5) is 15.4 Å². The topological polar surface area (TPSA) is 128 Å². The Hall–Kier alpha value is -6.69. The van der Waals surface area contributed by atoms with Gasteiger partial charge in [-0.15, -0.1) is 0 Å². The van der Waals surface area contributed by atoms with Crippen LogP contribution in [-0.2, 0) is 38.6 Å². The number of rotatable bonds is 12. The van der Waals surface area contributed by atoms with Gasteiger partial charge in [-0.05, 0) is 111 Å². The van der Waals surface area contributed by atoms with Crippen LogP contribution in [0.1, 0.15) is 61.8 Å². The van der Waals surface area contributed by atoms with E-state index in [1.165, 1.54) is 4.90 Å². The van der Waals surface area contributed by atoms with Crippen molar-refractivity contribution in [1.29, 1.82) is 0 Å². The lowest BCUT2D eigenvalue weighted by molar-refractivity contribution is -0.171. The Labute approximate surface area is 350 Å². The quantitative estimate of drug-likeness (QED) is 0.0897. The summed E-state index contributed by atoms with van der Waals surface area (Å²) in [7, 11) is 1.58. The smallest absolute Gasteiger partial charge is 0.416 e. The van der Waals surface area contributed by atoms with Gasteiger partial charge in [0.2, 0.25) is 5.91 Å². The van der Waals surface area contributed by atoms with Crippen molar-refractivity contribution in [3.05, 3.63) is 150 Å². The zero-order valence-corrected chi connectivity index (χ0v) is 34.4. The van der Waals surface area contributed by atoms with E-state index in [1.807, 2.05) is 109 Å². The van der Waals surface area contributed by atoms with Gasteiger partial charge in [0.15, 0.2) is 6.04 Å². The number of carbonyl (C=O) groups is 4. The molecule has 3 heterocycles. The van der Waals surface area contributed by atoms with Gasteiger partial charge >= 0.3 is 18.1 Å². The number of benzene rings is 4. The number of methoxy groups -OCH3 is 1. The van der Waals surface area contributed by atoms with Gasteiger partial charge in [0.1, 0.15) is 35.3 Å². The van der Waals surface area contributed by atoms with Crippen LogP contribution in [0.25, 0.3) is 0 Å². The molecule has 60 heavy (non-hydrogen) atoms. The Bertz CT molecular complexity index is 2260. The van der Waals surface area contributed by atoms with E-state index in [-0.39, 0.29) is 25.5 Å². The van der Waals surface area contributed by atoms with Crippen LogP contribution in [0.2, 0.25) is 0 Å². The zero-order chi connectivity index (χ0) is 42.2. The lowest BCUT2D eigenvalue weighted by atomic mass is 9.82. The third-order valence-corrected chi connectivity index (χ3v) is 10.6. The highest BCUT2D eigenvalue weighted by Crippen LogP contribution is 2.36. The molecule has 0 radical (unpaired) electrons. The fourth-order valence-electron chi connectivity index (χ4n) is 7.51. The maximum absolute atomic E-state index is 14.3. The number of para-hydroxylation sites is 1. The summed E-state index contributed by atoms with van der Waals surface area (Å²) in [6.07, 6.45) is 2.66. The summed E-state index contributed by atoms with van der Waals surface area (Å²) < 4.78 is 22.8. The monoisotopic (exact) mass is 810 g/mol. The van der Waals surface area contributed by atoms with Crippen molar-refractivity contribution in [2.75, 3.05) is 25.1 Å². The number of ether oxygens (including phenoxy) is 4. The van der Waals surface area contributed by atoms with Crippen LogP contribution in [0.5, 0.6) is 17.2 Å². The predicted octanol–water partition coefficient (Wildman–Crippen LogP) is 8.94. The average Bonchev–Trinajstić information content (AvgIpc) is 3.26. The molecule has 12 heteroatoms. The molecular weight excluding hydrogens is 761 g/mol. The summed E-state index contributed by atoms with van der Waals surface area (Å²) in [5.41, 5.74) is 2.52. The fourth-order valence-corrected chi connectivity index (χ4v) is 7.51. The molecule has 0 N–H and O–H groups in total. The van der Waals surface area contributed by atoms with E-state index >= 15 is 0 Å². The number of nitrogens with zero attached hydrogens (tertiary/aromatic N) is 4. The van der Waals surface area contributed by atoms with E-state index in [0.29, 0.717) is 36.0 Å². The van der Waals surface area contributed by atoms with Gasteiger partial charge in [-0.2, -0.15) is 0 Å². The number of esters is 1. The van der Waals surface area contributed by atoms with Crippen molar-refractivity contribution < 1.29 is 38.1 Å². The largest absolute Gasteiger partial charge is 0.497 e.